The van der Waals surface area contributed by atoms with E-state index < -0.39 is 0 Å². The SMILES string of the molecule is C=C(I)CC(NCc1ccccc1)c1ccccc1. The maximum Gasteiger partial charge on any atom is 0.0368 e. The minimum absolute atomic E-state index is 0.325. The van der Waals surface area contributed by atoms with Crippen LogP contribution in [-0.4, -0.2) is 0 Å². The second-order valence-corrected chi connectivity index (χ2v) is 6.08. The Morgan fingerprint density at radius 2 is 1.58 bits per heavy atom. The third-order valence-electron chi connectivity index (χ3n) is 3.02. The predicted molar refractivity (Wildman–Crippen MR) is 90.2 cm³/mol. The van der Waals surface area contributed by atoms with E-state index in [1.807, 2.05) is 6.07 Å². The molecule has 0 bridgehead atoms. The zero-order chi connectivity index (χ0) is 13.5. The Labute approximate surface area is 128 Å². The molecular weight excluding hydrogens is 345 g/mol. The van der Waals surface area contributed by atoms with Crippen molar-refractivity contribution in [1.82, 2.24) is 5.32 Å². The molecular formula is C17H18IN. The van der Waals surface area contributed by atoms with Gasteiger partial charge >= 0.3 is 0 Å². The largest absolute Gasteiger partial charge is 0.306 e. The minimum atomic E-state index is 0.325. The van der Waals surface area contributed by atoms with Gasteiger partial charge in [-0.25, -0.2) is 0 Å². The number of benzene rings is 2. The molecule has 0 amide bonds. The molecule has 2 heteroatoms. The van der Waals surface area contributed by atoms with Gasteiger partial charge in [-0.15, -0.1) is 0 Å². The molecule has 1 atom stereocenters. The van der Waals surface area contributed by atoms with Crippen LogP contribution in [-0.2, 0) is 6.54 Å². The van der Waals surface area contributed by atoms with Gasteiger partial charge < -0.3 is 5.32 Å². The third kappa shape index (κ3) is 4.80. The van der Waals surface area contributed by atoms with Crippen LogP contribution < -0.4 is 5.32 Å². The first-order valence-corrected chi connectivity index (χ1v) is 7.49. The summed E-state index contributed by atoms with van der Waals surface area (Å²) in [5, 5.41) is 3.62. The smallest absolute Gasteiger partial charge is 0.0368 e. The van der Waals surface area contributed by atoms with Gasteiger partial charge in [-0.3, -0.25) is 0 Å². The number of hydrogen-bond donors (Lipinski definition) is 1. The van der Waals surface area contributed by atoms with Crippen LogP contribution in [0.15, 0.2) is 70.8 Å². The lowest BCUT2D eigenvalue weighted by Crippen LogP contribution is -2.20. The summed E-state index contributed by atoms with van der Waals surface area (Å²) in [6.45, 7) is 4.90. The Hall–Kier alpha value is -1.13. The summed E-state index contributed by atoms with van der Waals surface area (Å²) in [6, 6.07) is 21.4. The fraction of sp³-hybridized carbons (Fsp3) is 0.176. The van der Waals surface area contributed by atoms with Crippen LogP contribution in [0.1, 0.15) is 23.6 Å². The van der Waals surface area contributed by atoms with Crippen LogP contribution in [0.5, 0.6) is 0 Å². The van der Waals surface area contributed by atoms with Crippen molar-refractivity contribution in [1.29, 1.82) is 0 Å². The van der Waals surface area contributed by atoms with E-state index >= 15 is 0 Å². The summed E-state index contributed by atoms with van der Waals surface area (Å²) in [4.78, 5) is 0. The number of halogens is 1. The van der Waals surface area contributed by atoms with E-state index in [0.29, 0.717) is 6.04 Å². The average molecular weight is 363 g/mol. The van der Waals surface area contributed by atoms with Crippen molar-refractivity contribution in [2.45, 2.75) is 19.0 Å². The molecule has 0 aliphatic rings. The van der Waals surface area contributed by atoms with E-state index in [-0.39, 0.29) is 0 Å². The van der Waals surface area contributed by atoms with E-state index in [0.717, 1.165) is 13.0 Å². The van der Waals surface area contributed by atoms with Crippen LogP contribution in [0.25, 0.3) is 0 Å². The zero-order valence-electron chi connectivity index (χ0n) is 10.9. The highest BCUT2D eigenvalue weighted by molar-refractivity contribution is 14.1. The fourth-order valence-electron chi connectivity index (χ4n) is 2.05. The van der Waals surface area contributed by atoms with E-state index in [2.05, 4.69) is 89.1 Å². The molecule has 0 aromatic heterocycles. The van der Waals surface area contributed by atoms with Crippen molar-refractivity contribution >= 4 is 22.6 Å². The molecule has 0 aliphatic heterocycles. The Morgan fingerprint density at radius 3 is 2.16 bits per heavy atom. The molecule has 0 fully saturated rings. The van der Waals surface area contributed by atoms with Gasteiger partial charge in [0.25, 0.3) is 0 Å². The molecule has 2 rings (SSSR count). The van der Waals surface area contributed by atoms with Gasteiger partial charge in [0, 0.05) is 12.6 Å². The summed E-state index contributed by atoms with van der Waals surface area (Å²) in [5.74, 6) is 0. The van der Waals surface area contributed by atoms with Crippen molar-refractivity contribution in [3.8, 4) is 0 Å². The number of rotatable bonds is 6. The summed E-state index contributed by atoms with van der Waals surface area (Å²) in [6.07, 6.45) is 0.956. The summed E-state index contributed by atoms with van der Waals surface area (Å²) in [7, 11) is 0. The first-order valence-electron chi connectivity index (χ1n) is 6.41. The predicted octanol–water partition coefficient (Wildman–Crippen LogP) is 4.86. The Morgan fingerprint density at radius 1 is 1.00 bits per heavy atom. The topological polar surface area (TPSA) is 12.0 Å². The first kappa shape index (κ1) is 14.3. The molecule has 0 aliphatic carbocycles. The molecule has 2 aromatic rings. The highest BCUT2D eigenvalue weighted by atomic mass is 127. The molecule has 19 heavy (non-hydrogen) atoms. The third-order valence-corrected chi connectivity index (χ3v) is 3.46. The van der Waals surface area contributed by atoms with Crippen molar-refractivity contribution in [2.24, 2.45) is 0 Å². The molecule has 1 unspecified atom stereocenters. The van der Waals surface area contributed by atoms with Crippen molar-refractivity contribution in [3.63, 3.8) is 0 Å². The molecule has 98 valence electrons. The number of nitrogens with one attached hydrogen (secondary N) is 1. The molecule has 0 spiro atoms. The molecule has 1 nitrogen and oxygen atoms in total. The lowest BCUT2D eigenvalue weighted by atomic mass is 10.0. The monoisotopic (exact) mass is 363 g/mol. The van der Waals surface area contributed by atoms with Gasteiger partial charge in [-0.1, -0.05) is 67.2 Å². The van der Waals surface area contributed by atoms with Crippen LogP contribution in [0, 0.1) is 0 Å². The highest BCUT2D eigenvalue weighted by Crippen LogP contribution is 2.23. The quantitative estimate of drug-likeness (QED) is 0.723. The van der Waals surface area contributed by atoms with Crippen molar-refractivity contribution in [3.05, 3.63) is 81.9 Å². The van der Waals surface area contributed by atoms with E-state index in [1.165, 1.54) is 14.7 Å². The molecule has 0 saturated carbocycles. The van der Waals surface area contributed by atoms with Gasteiger partial charge in [0.15, 0.2) is 0 Å². The second-order valence-electron chi connectivity index (χ2n) is 4.55. The summed E-state index contributed by atoms with van der Waals surface area (Å²) in [5.41, 5.74) is 2.62. The van der Waals surface area contributed by atoms with Crippen LogP contribution in [0.2, 0.25) is 0 Å². The van der Waals surface area contributed by atoms with Crippen LogP contribution in [0.3, 0.4) is 0 Å². The number of hydrogen-bond acceptors (Lipinski definition) is 1. The van der Waals surface area contributed by atoms with Gasteiger partial charge in [0.05, 0.1) is 0 Å². The Balaban J connectivity index is 2.04. The van der Waals surface area contributed by atoms with Gasteiger partial charge in [0.2, 0.25) is 0 Å². The van der Waals surface area contributed by atoms with Crippen molar-refractivity contribution < 1.29 is 0 Å². The van der Waals surface area contributed by atoms with E-state index in [4.69, 9.17) is 0 Å². The Kier molecular flexibility index (Phi) is 5.61. The van der Waals surface area contributed by atoms with E-state index in [9.17, 15) is 0 Å². The van der Waals surface area contributed by atoms with Gasteiger partial charge in [0.1, 0.15) is 0 Å². The average Bonchev–Trinajstić information content (AvgIpc) is 2.45. The van der Waals surface area contributed by atoms with Gasteiger partial charge in [-0.05, 0) is 43.7 Å². The first-order chi connectivity index (χ1) is 9.25. The highest BCUT2D eigenvalue weighted by Gasteiger charge is 2.11. The maximum absolute atomic E-state index is 4.02. The van der Waals surface area contributed by atoms with Crippen molar-refractivity contribution in [2.75, 3.05) is 0 Å². The minimum Gasteiger partial charge on any atom is -0.306 e. The fourth-order valence-corrected chi connectivity index (χ4v) is 2.49. The van der Waals surface area contributed by atoms with E-state index in [1.54, 1.807) is 0 Å². The molecule has 0 saturated heterocycles. The molecule has 1 N–H and O–H groups in total. The normalized spacial score (nSPS) is 12.1. The van der Waals surface area contributed by atoms with Gasteiger partial charge in [-0.2, -0.15) is 0 Å². The zero-order valence-corrected chi connectivity index (χ0v) is 13.0. The Bertz CT molecular complexity index is 507. The lowest BCUT2D eigenvalue weighted by Gasteiger charge is -2.19. The molecule has 0 heterocycles. The maximum atomic E-state index is 4.02. The van der Waals surface area contributed by atoms with Crippen LogP contribution in [0.4, 0.5) is 0 Å². The standard InChI is InChI=1S/C17H18IN/c1-14(18)12-17(16-10-6-3-7-11-16)19-13-15-8-4-2-5-9-15/h2-11,17,19H,1,12-13H2. The molecule has 2 aromatic carbocycles. The summed E-state index contributed by atoms with van der Waals surface area (Å²) >= 11 is 2.30. The summed E-state index contributed by atoms with van der Waals surface area (Å²) < 4.78 is 1.17. The van der Waals surface area contributed by atoms with Crippen LogP contribution >= 0.6 is 22.6 Å². The lowest BCUT2D eigenvalue weighted by molar-refractivity contribution is 0.537. The second kappa shape index (κ2) is 7.46. The molecule has 0 radical (unpaired) electrons.